The lowest BCUT2D eigenvalue weighted by molar-refractivity contribution is -0.144. The summed E-state index contributed by atoms with van der Waals surface area (Å²) in [6.45, 7) is 12.3. The van der Waals surface area contributed by atoms with Gasteiger partial charge in [-0.05, 0) is 55.9 Å². The van der Waals surface area contributed by atoms with Crippen LogP contribution in [0.5, 0.6) is 0 Å². The third kappa shape index (κ3) is 5.45. The molecule has 0 radical (unpaired) electrons. The van der Waals surface area contributed by atoms with Gasteiger partial charge in [0.25, 0.3) is 0 Å². The maximum atomic E-state index is 13.4. The van der Waals surface area contributed by atoms with E-state index in [0.717, 1.165) is 74.8 Å². The van der Waals surface area contributed by atoms with E-state index < -0.39 is 29.1 Å². The second-order valence-corrected chi connectivity index (χ2v) is 19.4. The molecule has 0 aromatic rings. The van der Waals surface area contributed by atoms with Crippen LogP contribution in [-0.2, 0) is 42.7 Å². The smallest absolute Gasteiger partial charge is 0.464 e. The fourth-order valence-corrected chi connectivity index (χ4v) is 14.1. The minimum absolute atomic E-state index is 0.0819. The molecule has 0 bridgehead atoms. The van der Waals surface area contributed by atoms with Crippen LogP contribution in [-0.4, -0.2) is 139 Å². The quantitative estimate of drug-likeness (QED) is 0.0879. The van der Waals surface area contributed by atoms with Crippen LogP contribution in [0, 0.1) is 17.3 Å². The zero-order valence-electron chi connectivity index (χ0n) is 30.1. The number of rotatable bonds is 13. The van der Waals surface area contributed by atoms with Crippen molar-refractivity contribution in [2.75, 3.05) is 64.8 Å². The van der Waals surface area contributed by atoms with Crippen molar-refractivity contribution in [2.24, 2.45) is 17.3 Å². The first-order valence-corrected chi connectivity index (χ1v) is 21.7. The topological polar surface area (TPSA) is 132 Å². The van der Waals surface area contributed by atoms with E-state index in [1.165, 1.54) is 18.6 Å². The van der Waals surface area contributed by atoms with E-state index in [-0.39, 0.29) is 54.1 Å². The van der Waals surface area contributed by atoms with Gasteiger partial charge in [0.15, 0.2) is 11.7 Å². The van der Waals surface area contributed by atoms with Gasteiger partial charge in [-0.25, -0.2) is 9.59 Å². The fourth-order valence-electron chi connectivity index (χ4n) is 11.0. The zero-order chi connectivity index (χ0) is 35.2. The van der Waals surface area contributed by atoms with Gasteiger partial charge in [-0.2, -0.15) is 0 Å². The van der Waals surface area contributed by atoms with Gasteiger partial charge in [0.2, 0.25) is 0 Å². The van der Waals surface area contributed by atoms with Crippen LogP contribution in [0.3, 0.4) is 0 Å². The molecule has 1 unspecified atom stereocenters. The van der Waals surface area contributed by atoms with Crippen LogP contribution in [0.15, 0.2) is 11.1 Å². The molecule has 14 heteroatoms. The number of unbranched alkanes of at least 4 members (excludes halogenated alkanes) is 1. The lowest BCUT2D eigenvalue weighted by atomic mass is 9.46. The number of piperazine rings is 1. The molecule has 51 heavy (non-hydrogen) atoms. The first-order valence-electron chi connectivity index (χ1n) is 19.3. The van der Waals surface area contributed by atoms with Crippen molar-refractivity contribution in [3.05, 3.63) is 11.1 Å². The van der Waals surface area contributed by atoms with Gasteiger partial charge in [-0.3, -0.25) is 14.6 Å². The highest BCUT2D eigenvalue weighted by atomic mass is 33.1. The number of hydrogen-bond acceptors (Lipinski definition) is 14. The van der Waals surface area contributed by atoms with E-state index in [1.807, 2.05) is 21.6 Å². The minimum Gasteiger partial charge on any atom is -0.464 e. The van der Waals surface area contributed by atoms with E-state index in [2.05, 4.69) is 30.6 Å². The Morgan fingerprint density at radius 2 is 1.76 bits per heavy atom. The van der Waals surface area contributed by atoms with Gasteiger partial charge in [0, 0.05) is 67.7 Å². The third-order valence-corrected chi connectivity index (χ3v) is 16.9. The van der Waals surface area contributed by atoms with Gasteiger partial charge >= 0.3 is 18.1 Å². The van der Waals surface area contributed by atoms with Crippen LogP contribution in [0.2, 0.25) is 0 Å². The van der Waals surface area contributed by atoms with Gasteiger partial charge in [0.1, 0.15) is 43.2 Å². The molecular formula is C37H52N2O10S2. The van der Waals surface area contributed by atoms with Gasteiger partial charge in [-0.1, -0.05) is 48.8 Å². The minimum atomic E-state index is -0.793. The lowest BCUT2D eigenvalue weighted by Crippen LogP contribution is -2.70. The molecule has 0 amide bonds. The number of cyclic esters (lactones) is 1. The summed E-state index contributed by atoms with van der Waals surface area (Å²) in [4.78, 5) is 42.7. The highest BCUT2D eigenvalue weighted by Crippen LogP contribution is 2.83. The molecule has 3 aliphatic carbocycles. The molecule has 2 spiro atoms. The summed E-state index contributed by atoms with van der Waals surface area (Å²) in [5.74, 6) is 1.18. The summed E-state index contributed by atoms with van der Waals surface area (Å²) in [6.07, 6.45) is 5.38. The molecule has 2 saturated carbocycles. The Hall–Kier alpha value is -1.55. The average molecular weight is 749 g/mol. The monoisotopic (exact) mass is 748 g/mol. The predicted octanol–water partition coefficient (Wildman–Crippen LogP) is 4.14. The molecule has 0 N–H and O–H groups in total. The van der Waals surface area contributed by atoms with Gasteiger partial charge in [-0.15, -0.1) is 0 Å². The van der Waals surface area contributed by atoms with E-state index in [9.17, 15) is 14.4 Å². The number of nitrogens with zero attached hydrogens (tertiary/aromatic N) is 2. The number of fused-ring (bicyclic) bond motifs is 4. The summed E-state index contributed by atoms with van der Waals surface area (Å²) in [5, 5.41) is 0.759. The summed E-state index contributed by atoms with van der Waals surface area (Å²) in [6, 6.07) is 0. The number of carbonyl (C=O) groups is 3. The maximum Gasteiger partial charge on any atom is 0.508 e. The Balaban J connectivity index is 0.744. The fraction of sp³-hybridized carbons (Fsp3) is 0.865. The van der Waals surface area contributed by atoms with Crippen molar-refractivity contribution in [3.8, 4) is 0 Å². The SMILES string of the molecule is CC(C)[C@]12O[C@H]1[C@@H]1O[C@]13[C@]1(O[C@H]1C[C@H]1C4=C(CC[C@@]13C)C(=O)OC4)[C@@H]2OC(=O)OCCN1CCN(CCOC(=O)CCCCC2CCSS2)CC1. The maximum absolute atomic E-state index is 13.4. The van der Waals surface area contributed by atoms with Crippen LogP contribution in [0.1, 0.15) is 72.1 Å². The molecule has 0 aromatic heterocycles. The number of carbonyl (C=O) groups excluding carboxylic acids is 3. The summed E-state index contributed by atoms with van der Waals surface area (Å²) in [7, 11) is 3.96. The van der Waals surface area contributed by atoms with Crippen molar-refractivity contribution < 1.29 is 47.5 Å². The Morgan fingerprint density at radius 1 is 1.00 bits per heavy atom. The number of epoxide rings is 3. The molecule has 9 aliphatic rings. The van der Waals surface area contributed by atoms with E-state index in [0.29, 0.717) is 32.6 Å². The molecule has 282 valence electrons. The highest BCUT2D eigenvalue weighted by Gasteiger charge is 3.01. The Labute approximate surface area is 308 Å². The first kappa shape index (κ1) is 35.2. The van der Waals surface area contributed by atoms with Gasteiger partial charge < -0.3 is 33.2 Å². The molecule has 6 heterocycles. The van der Waals surface area contributed by atoms with Crippen molar-refractivity contribution in [1.82, 2.24) is 9.80 Å². The van der Waals surface area contributed by atoms with Crippen molar-refractivity contribution >= 4 is 39.7 Å². The molecular weight excluding hydrogens is 697 g/mol. The van der Waals surface area contributed by atoms with Crippen LogP contribution in [0.4, 0.5) is 4.79 Å². The summed E-state index contributed by atoms with van der Waals surface area (Å²) < 4.78 is 43.0. The third-order valence-electron chi connectivity index (χ3n) is 13.9. The number of esters is 2. The molecule has 10 atom stereocenters. The molecule has 6 aliphatic heterocycles. The molecule has 5 saturated heterocycles. The zero-order valence-corrected chi connectivity index (χ0v) is 31.7. The Kier molecular flexibility index (Phi) is 9.00. The Morgan fingerprint density at radius 3 is 2.49 bits per heavy atom. The van der Waals surface area contributed by atoms with Crippen molar-refractivity contribution in [3.63, 3.8) is 0 Å². The normalized spacial score (nSPS) is 43.3. The number of ether oxygens (including phenoxy) is 7. The van der Waals surface area contributed by atoms with Crippen LogP contribution < -0.4 is 0 Å². The predicted molar refractivity (Wildman–Crippen MR) is 188 cm³/mol. The van der Waals surface area contributed by atoms with E-state index in [4.69, 9.17) is 33.2 Å². The van der Waals surface area contributed by atoms with E-state index >= 15 is 0 Å². The molecule has 12 nitrogen and oxygen atoms in total. The van der Waals surface area contributed by atoms with E-state index in [1.54, 1.807) is 0 Å². The highest BCUT2D eigenvalue weighted by molar-refractivity contribution is 8.77. The van der Waals surface area contributed by atoms with Crippen molar-refractivity contribution in [2.45, 2.75) is 119 Å². The van der Waals surface area contributed by atoms with Crippen LogP contribution in [0.25, 0.3) is 0 Å². The first-order chi connectivity index (χ1) is 24.6. The number of hydrogen-bond donors (Lipinski definition) is 0. The second-order valence-electron chi connectivity index (χ2n) is 16.6. The van der Waals surface area contributed by atoms with Gasteiger partial charge in [0.05, 0.1) is 6.10 Å². The largest absolute Gasteiger partial charge is 0.508 e. The summed E-state index contributed by atoms with van der Waals surface area (Å²) in [5.41, 5.74) is -0.469. The molecule has 7 fully saturated rings. The second kappa shape index (κ2) is 13.0. The van der Waals surface area contributed by atoms with Crippen LogP contribution >= 0.6 is 21.6 Å². The lowest BCUT2D eigenvalue weighted by Gasteiger charge is -2.53. The summed E-state index contributed by atoms with van der Waals surface area (Å²) >= 11 is 0. The molecule has 9 rings (SSSR count). The standard InChI is InChI=1S/C37H52N2O10S2/c1-22(2)35-29(48-35)30-37(49-30)34(3)10-8-24-25(21-45-31(24)41)26(34)20-27-36(37,47-27)32(35)46-33(42)44-18-16-39-13-11-38(12-14-39)15-17-43-28(40)7-5-4-6-23-9-19-50-51-23/h22-23,26-27,29-30,32H,4-21H2,1-3H3/t23?,26-,27-,29-,30-,32+,34-,35-,36+,37+/m0/s1. The average Bonchev–Trinajstić information content (AvgIpc) is 4.06. The molecule has 0 aromatic carbocycles. The Bertz CT molecular complexity index is 1470. The van der Waals surface area contributed by atoms with Crippen molar-refractivity contribution in [1.29, 1.82) is 0 Å².